The Morgan fingerprint density at radius 1 is 1.25 bits per heavy atom. The highest BCUT2D eigenvalue weighted by molar-refractivity contribution is 5.62. The molecule has 0 spiro atoms. The van der Waals surface area contributed by atoms with E-state index < -0.39 is 0 Å². The van der Waals surface area contributed by atoms with Crippen molar-refractivity contribution in [3.05, 3.63) is 66.1 Å². The number of nitrogens with zero attached hydrogens (tertiary/aromatic N) is 2. The van der Waals surface area contributed by atoms with Gasteiger partial charge in [0, 0.05) is 17.5 Å². The smallest absolute Gasteiger partial charge is 0.131 e. The van der Waals surface area contributed by atoms with E-state index in [9.17, 15) is 9.50 Å². The van der Waals surface area contributed by atoms with Gasteiger partial charge in [-0.1, -0.05) is 30.4 Å². The summed E-state index contributed by atoms with van der Waals surface area (Å²) in [4.78, 5) is 0. The lowest BCUT2D eigenvalue weighted by molar-refractivity contribution is 0.182. The fourth-order valence-corrected chi connectivity index (χ4v) is 2.33. The highest BCUT2D eigenvalue weighted by Crippen LogP contribution is 2.21. The van der Waals surface area contributed by atoms with E-state index in [-0.39, 0.29) is 11.9 Å². The summed E-state index contributed by atoms with van der Waals surface area (Å²) in [5.41, 5.74) is 2.74. The lowest BCUT2D eigenvalue weighted by atomic mass is 10.1. The predicted molar refractivity (Wildman–Crippen MR) is 95.9 cm³/mol. The molecule has 1 heterocycles. The van der Waals surface area contributed by atoms with Crippen LogP contribution in [0.1, 0.15) is 37.4 Å². The van der Waals surface area contributed by atoms with Crippen molar-refractivity contribution < 1.29 is 9.50 Å². The molecular weight excluding hydrogens is 303 g/mol. The fraction of sp³-hybridized carbons (Fsp3) is 0.300. The molecule has 0 bridgehead atoms. The van der Waals surface area contributed by atoms with Gasteiger partial charge in [0.15, 0.2) is 0 Å². The molecular formula is C20H23FN2O. The molecule has 2 aromatic rings. The van der Waals surface area contributed by atoms with Crippen LogP contribution in [0.25, 0.3) is 17.3 Å². The van der Waals surface area contributed by atoms with Crippen molar-refractivity contribution in [1.82, 2.24) is 10.2 Å². The van der Waals surface area contributed by atoms with E-state index in [0.717, 1.165) is 25.0 Å². The van der Waals surface area contributed by atoms with Gasteiger partial charge in [-0.15, -0.1) is 6.58 Å². The fourth-order valence-electron chi connectivity index (χ4n) is 2.33. The summed E-state index contributed by atoms with van der Waals surface area (Å²) >= 11 is 0. The van der Waals surface area contributed by atoms with Crippen molar-refractivity contribution in [2.24, 2.45) is 0 Å². The van der Waals surface area contributed by atoms with Crippen molar-refractivity contribution in [3.63, 3.8) is 0 Å². The Labute approximate surface area is 142 Å². The molecule has 2 rings (SSSR count). The first-order valence-electron chi connectivity index (χ1n) is 8.18. The quantitative estimate of drug-likeness (QED) is 0.571. The van der Waals surface area contributed by atoms with Crippen LogP contribution in [0, 0.1) is 5.82 Å². The molecule has 1 atom stereocenters. The van der Waals surface area contributed by atoms with Gasteiger partial charge in [0.1, 0.15) is 5.82 Å². The van der Waals surface area contributed by atoms with Crippen LogP contribution < -0.4 is 0 Å². The maximum absolute atomic E-state index is 14.2. The first kappa shape index (κ1) is 18.0. The highest BCUT2D eigenvalue weighted by Gasteiger charge is 2.05. The van der Waals surface area contributed by atoms with Gasteiger partial charge in [-0.3, -0.25) is 0 Å². The van der Waals surface area contributed by atoms with Gasteiger partial charge >= 0.3 is 0 Å². The summed E-state index contributed by atoms with van der Waals surface area (Å²) in [5.74, 6) is -0.281. The molecule has 24 heavy (non-hydrogen) atoms. The van der Waals surface area contributed by atoms with Crippen molar-refractivity contribution in [3.8, 4) is 11.3 Å². The highest BCUT2D eigenvalue weighted by atomic mass is 19.1. The molecule has 0 aliphatic heterocycles. The Morgan fingerprint density at radius 3 is 2.71 bits per heavy atom. The van der Waals surface area contributed by atoms with Crippen LogP contribution in [-0.4, -0.2) is 21.4 Å². The van der Waals surface area contributed by atoms with Crippen LogP contribution >= 0.6 is 0 Å². The minimum absolute atomic E-state index is 0.281. The molecule has 0 aliphatic rings. The second-order valence-electron chi connectivity index (χ2n) is 5.82. The Kier molecular flexibility index (Phi) is 6.82. The van der Waals surface area contributed by atoms with E-state index >= 15 is 0 Å². The Balaban J connectivity index is 2.03. The molecule has 4 heteroatoms. The molecule has 0 saturated heterocycles. The van der Waals surface area contributed by atoms with Crippen LogP contribution in [0.15, 0.2) is 49.1 Å². The van der Waals surface area contributed by atoms with Gasteiger partial charge in [0.05, 0.1) is 17.5 Å². The number of rotatable bonds is 8. The first-order chi connectivity index (χ1) is 11.6. The van der Waals surface area contributed by atoms with E-state index in [1.165, 1.54) is 6.07 Å². The number of benzene rings is 1. The standard InChI is InChI=1S/C20H23FN2O/c1-3-7-18-12-13-20(23-22-18)17-11-10-16(19(21)14-17)9-6-4-5-8-15(2)24/h3,6,9-15,24H,1,4-5,7-8H2,2H3. The Hall–Kier alpha value is -2.33. The van der Waals surface area contributed by atoms with E-state index in [4.69, 9.17) is 0 Å². The predicted octanol–water partition coefficient (Wildman–Crippen LogP) is 4.58. The van der Waals surface area contributed by atoms with E-state index in [1.807, 2.05) is 24.3 Å². The van der Waals surface area contributed by atoms with Crippen molar-refractivity contribution in [1.29, 1.82) is 0 Å². The van der Waals surface area contributed by atoms with Crippen molar-refractivity contribution in [2.75, 3.05) is 0 Å². The van der Waals surface area contributed by atoms with Gasteiger partial charge in [-0.05, 0) is 44.4 Å². The average molecular weight is 326 g/mol. The molecule has 0 aliphatic carbocycles. The van der Waals surface area contributed by atoms with Crippen LogP contribution in [-0.2, 0) is 6.42 Å². The van der Waals surface area contributed by atoms with Gasteiger partial charge in [0.2, 0.25) is 0 Å². The van der Waals surface area contributed by atoms with Crippen LogP contribution in [0.4, 0.5) is 4.39 Å². The number of aromatic nitrogens is 2. The summed E-state index contributed by atoms with van der Waals surface area (Å²) in [6.07, 6.45) is 8.33. The van der Waals surface area contributed by atoms with Crippen molar-refractivity contribution >= 4 is 6.08 Å². The third-order valence-electron chi connectivity index (χ3n) is 3.66. The van der Waals surface area contributed by atoms with Crippen LogP contribution in [0.2, 0.25) is 0 Å². The number of aliphatic hydroxyl groups excluding tert-OH is 1. The lowest BCUT2D eigenvalue weighted by Gasteiger charge is -2.04. The topological polar surface area (TPSA) is 46.0 Å². The van der Waals surface area contributed by atoms with Gasteiger partial charge in [0.25, 0.3) is 0 Å². The van der Waals surface area contributed by atoms with Gasteiger partial charge in [-0.25, -0.2) is 4.39 Å². The van der Waals surface area contributed by atoms with Crippen LogP contribution in [0.3, 0.4) is 0 Å². The second kappa shape index (κ2) is 9.08. The maximum atomic E-state index is 14.2. The molecule has 1 aromatic heterocycles. The molecule has 1 N–H and O–H groups in total. The van der Waals surface area contributed by atoms with Gasteiger partial charge in [-0.2, -0.15) is 10.2 Å². The number of aliphatic hydroxyl groups is 1. The van der Waals surface area contributed by atoms with Gasteiger partial charge < -0.3 is 5.11 Å². The minimum atomic E-state index is -0.284. The Bertz CT molecular complexity index is 693. The largest absolute Gasteiger partial charge is 0.393 e. The van der Waals surface area contributed by atoms with E-state index in [1.54, 1.807) is 25.1 Å². The first-order valence-corrected chi connectivity index (χ1v) is 8.18. The number of hydrogen-bond acceptors (Lipinski definition) is 3. The van der Waals surface area contributed by atoms with Crippen molar-refractivity contribution in [2.45, 2.75) is 38.7 Å². The van der Waals surface area contributed by atoms with Crippen LogP contribution in [0.5, 0.6) is 0 Å². The SMILES string of the molecule is C=CCc1ccc(-c2ccc(C=CCCCC(C)O)c(F)c2)nn1. The number of allylic oxidation sites excluding steroid dienone is 2. The zero-order valence-electron chi connectivity index (χ0n) is 14.0. The summed E-state index contributed by atoms with van der Waals surface area (Å²) < 4.78 is 14.2. The number of unbranched alkanes of at least 4 members (excludes halogenated alkanes) is 1. The molecule has 3 nitrogen and oxygen atoms in total. The van der Waals surface area contributed by atoms with E-state index in [2.05, 4.69) is 16.8 Å². The van der Waals surface area contributed by atoms with E-state index in [0.29, 0.717) is 23.2 Å². The summed E-state index contributed by atoms with van der Waals surface area (Å²) in [7, 11) is 0. The average Bonchev–Trinajstić information content (AvgIpc) is 2.56. The minimum Gasteiger partial charge on any atom is -0.393 e. The lowest BCUT2D eigenvalue weighted by Crippen LogP contribution is -1.97. The third kappa shape index (κ3) is 5.39. The molecule has 0 radical (unpaired) electrons. The maximum Gasteiger partial charge on any atom is 0.131 e. The third-order valence-corrected chi connectivity index (χ3v) is 3.66. The normalized spacial score (nSPS) is 12.5. The molecule has 126 valence electrons. The second-order valence-corrected chi connectivity index (χ2v) is 5.82. The number of halogens is 1. The zero-order chi connectivity index (χ0) is 17.4. The molecule has 0 saturated carbocycles. The molecule has 1 aromatic carbocycles. The summed E-state index contributed by atoms with van der Waals surface area (Å²) in [6, 6.07) is 8.78. The molecule has 1 unspecified atom stereocenters. The molecule has 0 fully saturated rings. The Morgan fingerprint density at radius 2 is 2.08 bits per heavy atom. The summed E-state index contributed by atoms with van der Waals surface area (Å²) in [6.45, 7) is 5.44. The molecule has 0 amide bonds. The summed E-state index contributed by atoms with van der Waals surface area (Å²) in [5, 5.41) is 17.4. The zero-order valence-corrected chi connectivity index (χ0v) is 14.0. The monoisotopic (exact) mass is 326 g/mol. The number of hydrogen-bond donors (Lipinski definition) is 1.